The molecule has 0 bridgehead atoms. The van der Waals surface area contributed by atoms with Crippen LogP contribution in [0.2, 0.25) is 0 Å². The molecule has 0 fully saturated rings. The zero-order valence-electron chi connectivity index (χ0n) is 9.99. The number of anilines is 1. The molecule has 5 heteroatoms. The van der Waals surface area contributed by atoms with Crippen LogP contribution in [0.3, 0.4) is 0 Å². The Labute approximate surface area is 108 Å². The number of hydrogen-bond acceptors (Lipinski definition) is 4. The molecule has 0 saturated carbocycles. The Bertz CT molecular complexity index is 607. The minimum atomic E-state index is -0.474. The predicted octanol–water partition coefficient (Wildman–Crippen LogP) is 3.23. The number of rotatable bonds is 2. The molecule has 0 aliphatic heterocycles. The summed E-state index contributed by atoms with van der Waals surface area (Å²) < 4.78 is 17.9. The van der Waals surface area contributed by atoms with E-state index in [9.17, 15) is 9.18 Å². The molecule has 1 aromatic heterocycles. The summed E-state index contributed by atoms with van der Waals surface area (Å²) in [6.45, 7) is 1.88. The minimum Gasteiger partial charge on any atom is -0.465 e. The van der Waals surface area contributed by atoms with E-state index >= 15 is 0 Å². The van der Waals surface area contributed by atoms with Crippen LogP contribution in [0, 0.1) is 12.7 Å². The number of thiophene rings is 1. The van der Waals surface area contributed by atoms with Gasteiger partial charge in [-0.25, -0.2) is 9.18 Å². The number of benzene rings is 1. The van der Waals surface area contributed by atoms with E-state index in [1.165, 1.54) is 30.6 Å². The molecule has 0 unspecified atom stereocenters. The molecule has 94 valence electrons. The summed E-state index contributed by atoms with van der Waals surface area (Å²) in [7, 11) is 1.30. The molecule has 2 rings (SSSR count). The highest BCUT2D eigenvalue weighted by atomic mass is 32.1. The van der Waals surface area contributed by atoms with Crippen LogP contribution in [0.5, 0.6) is 0 Å². The molecule has 3 nitrogen and oxygen atoms in total. The van der Waals surface area contributed by atoms with Gasteiger partial charge in [-0.05, 0) is 36.2 Å². The van der Waals surface area contributed by atoms with E-state index in [2.05, 4.69) is 4.74 Å². The van der Waals surface area contributed by atoms with Crippen LogP contribution in [0.1, 0.15) is 15.2 Å². The lowest BCUT2D eigenvalue weighted by molar-refractivity contribution is 0.0607. The highest BCUT2D eigenvalue weighted by Gasteiger charge is 2.16. The van der Waals surface area contributed by atoms with Crippen LogP contribution in [-0.4, -0.2) is 13.1 Å². The highest BCUT2D eigenvalue weighted by molar-refractivity contribution is 7.18. The third-order valence-corrected chi connectivity index (χ3v) is 3.76. The minimum absolute atomic E-state index is 0.317. The first kappa shape index (κ1) is 12.6. The quantitative estimate of drug-likeness (QED) is 0.848. The molecular weight excluding hydrogens is 253 g/mol. The van der Waals surface area contributed by atoms with E-state index in [1.54, 1.807) is 12.1 Å². The molecule has 0 amide bonds. The van der Waals surface area contributed by atoms with Gasteiger partial charge >= 0.3 is 5.97 Å². The summed E-state index contributed by atoms with van der Waals surface area (Å²) >= 11 is 1.20. The number of methoxy groups -OCH3 is 1. The summed E-state index contributed by atoms with van der Waals surface area (Å²) in [6, 6.07) is 6.19. The first-order valence-corrected chi connectivity index (χ1v) is 6.08. The molecule has 0 saturated heterocycles. The standard InChI is InChI=1S/C13H12FNO2S/c1-7-3-4-8(14)5-9(7)11-6-10(15)12(18-11)13(16)17-2/h3-6H,15H2,1-2H3. The van der Waals surface area contributed by atoms with Gasteiger partial charge in [-0.2, -0.15) is 0 Å². The Morgan fingerprint density at radius 3 is 2.78 bits per heavy atom. The fourth-order valence-electron chi connectivity index (χ4n) is 1.65. The summed E-state index contributed by atoms with van der Waals surface area (Å²) in [6.07, 6.45) is 0. The fourth-order valence-corrected chi connectivity index (χ4v) is 2.73. The Morgan fingerprint density at radius 1 is 1.39 bits per heavy atom. The van der Waals surface area contributed by atoms with Gasteiger partial charge in [0.05, 0.1) is 12.8 Å². The van der Waals surface area contributed by atoms with Gasteiger partial charge in [0.2, 0.25) is 0 Å². The molecule has 18 heavy (non-hydrogen) atoms. The summed E-state index contributed by atoms with van der Waals surface area (Å²) in [5.41, 5.74) is 7.77. The van der Waals surface area contributed by atoms with Gasteiger partial charge in [0, 0.05) is 4.88 Å². The van der Waals surface area contributed by atoms with Crippen LogP contribution in [0.15, 0.2) is 24.3 Å². The maximum absolute atomic E-state index is 13.2. The van der Waals surface area contributed by atoms with Crippen molar-refractivity contribution in [2.75, 3.05) is 12.8 Å². The summed E-state index contributed by atoms with van der Waals surface area (Å²) in [5, 5.41) is 0. The Hall–Kier alpha value is -1.88. The maximum Gasteiger partial charge on any atom is 0.350 e. The third kappa shape index (κ3) is 2.22. The molecule has 2 aromatic rings. The molecule has 1 aromatic carbocycles. The topological polar surface area (TPSA) is 52.3 Å². The second-order valence-electron chi connectivity index (χ2n) is 3.85. The molecular formula is C13H12FNO2S. The van der Waals surface area contributed by atoms with Crippen LogP contribution >= 0.6 is 11.3 Å². The van der Waals surface area contributed by atoms with Crippen molar-refractivity contribution in [3.05, 3.63) is 40.5 Å². The van der Waals surface area contributed by atoms with Gasteiger partial charge in [0.1, 0.15) is 10.7 Å². The van der Waals surface area contributed by atoms with E-state index in [1.807, 2.05) is 6.92 Å². The monoisotopic (exact) mass is 265 g/mol. The lowest BCUT2D eigenvalue weighted by Crippen LogP contribution is -2.00. The number of halogens is 1. The molecule has 0 atom stereocenters. The fraction of sp³-hybridized carbons (Fsp3) is 0.154. The first-order valence-electron chi connectivity index (χ1n) is 5.27. The second kappa shape index (κ2) is 4.78. The van der Waals surface area contributed by atoms with Gasteiger partial charge in [-0.15, -0.1) is 11.3 Å². The van der Waals surface area contributed by atoms with Crippen LogP contribution < -0.4 is 5.73 Å². The van der Waals surface area contributed by atoms with Crippen molar-refractivity contribution in [2.24, 2.45) is 0 Å². The van der Waals surface area contributed by atoms with E-state index in [-0.39, 0.29) is 5.82 Å². The van der Waals surface area contributed by atoms with Gasteiger partial charge < -0.3 is 10.5 Å². The number of carbonyl (C=O) groups is 1. The van der Waals surface area contributed by atoms with Gasteiger partial charge in [-0.3, -0.25) is 0 Å². The second-order valence-corrected chi connectivity index (χ2v) is 4.90. The Kier molecular flexibility index (Phi) is 3.34. The van der Waals surface area contributed by atoms with Crippen LogP contribution in [0.4, 0.5) is 10.1 Å². The van der Waals surface area contributed by atoms with Crippen molar-refractivity contribution < 1.29 is 13.9 Å². The Morgan fingerprint density at radius 2 is 2.11 bits per heavy atom. The first-order chi connectivity index (χ1) is 8.52. The number of nitrogen functional groups attached to an aromatic ring is 1. The molecule has 0 spiro atoms. The highest BCUT2D eigenvalue weighted by Crippen LogP contribution is 2.35. The number of nitrogens with two attached hydrogens (primary N) is 1. The smallest absolute Gasteiger partial charge is 0.350 e. The van der Waals surface area contributed by atoms with Crippen molar-refractivity contribution in [1.29, 1.82) is 0 Å². The lowest BCUT2D eigenvalue weighted by Gasteiger charge is -2.02. The number of ether oxygens (including phenoxy) is 1. The third-order valence-electron chi connectivity index (χ3n) is 2.60. The molecule has 0 aliphatic carbocycles. The Balaban J connectivity index is 2.52. The maximum atomic E-state index is 13.2. The van der Waals surface area contributed by atoms with Crippen molar-refractivity contribution >= 4 is 23.0 Å². The van der Waals surface area contributed by atoms with Crippen molar-refractivity contribution in [3.63, 3.8) is 0 Å². The van der Waals surface area contributed by atoms with Gasteiger partial charge in [0.25, 0.3) is 0 Å². The van der Waals surface area contributed by atoms with E-state index < -0.39 is 5.97 Å². The molecule has 1 heterocycles. The average molecular weight is 265 g/mol. The van der Waals surface area contributed by atoms with Crippen LogP contribution in [-0.2, 0) is 4.74 Å². The zero-order valence-corrected chi connectivity index (χ0v) is 10.8. The van der Waals surface area contributed by atoms with Crippen molar-refractivity contribution in [3.8, 4) is 10.4 Å². The van der Waals surface area contributed by atoms with E-state index in [0.29, 0.717) is 10.6 Å². The zero-order chi connectivity index (χ0) is 13.3. The molecule has 0 radical (unpaired) electrons. The van der Waals surface area contributed by atoms with E-state index in [0.717, 1.165) is 16.0 Å². The molecule has 2 N–H and O–H groups in total. The largest absolute Gasteiger partial charge is 0.465 e. The molecule has 0 aliphatic rings. The van der Waals surface area contributed by atoms with Crippen molar-refractivity contribution in [2.45, 2.75) is 6.92 Å². The number of carbonyl (C=O) groups excluding carboxylic acids is 1. The number of esters is 1. The van der Waals surface area contributed by atoms with Gasteiger partial charge in [-0.1, -0.05) is 6.07 Å². The SMILES string of the molecule is COC(=O)c1sc(-c2cc(F)ccc2C)cc1N. The number of hydrogen-bond donors (Lipinski definition) is 1. The number of aryl methyl sites for hydroxylation is 1. The summed E-state index contributed by atoms with van der Waals surface area (Å²) in [5.74, 6) is -0.792. The van der Waals surface area contributed by atoms with E-state index in [4.69, 9.17) is 5.73 Å². The normalized spacial score (nSPS) is 10.4. The van der Waals surface area contributed by atoms with Crippen LogP contribution in [0.25, 0.3) is 10.4 Å². The van der Waals surface area contributed by atoms with Crippen molar-refractivity contribution in [1.82, 2.24) is 0 Å². The average Bonchev–Trinajstić information content (AvgIpc) is 2.73. The lowest BCUT2D eigenvalue weighted by atomic mass is 10.1. The van der Waals surface area contributed by atoms with Gasteiger partial charge in [0.15, 0.2) is 0 Å². The predicted molar refractivity (Wildman–Crippen MR) is 70.2 cm³/mol. The summed E-state index contributed by atoms with van der Waals surface area (Å²) in [4.78, 5) is 12.6.